The van der Waals surface area contributed by atoms with Crippen LogP contribution in [-0.2, 0) is 11.3 Å². The van der Waals surface area contributed by atoms with E-state index < -0.39 is 0 Å². The Morgan fingerprint density at radius 1 is 1.31 bits per heavy atom. The summed E-state index contributed by atoms with van der Waals surface area (Å²) in [7, 11) is 0. The van der Waals surface area contributed by atoms with Gasteiger partial charge in [0.05, 0.1) is 19.8 Å². The van der Waals surface area contributed by atoms with Crippen LogP contribution in [-0.4, -0.2) is 62.0 Å². The molecule has 0 radical (unpaired) electrons. The van der Waals surface area contributed by atoms with Gasteiger partial charge in [0.2, 0.25) is 0 Å². The topological polar surface area (TPSA) is 82.0 Å². The fraction of sp³-hybridized carbons (Fsp3) is 0.714. The van der Waals surface area contributed by atoms with Crippen molar-refractivity contribution in [3.63, 3.8) is 0 Å². The van der Waals surface area contributed by atoms with Gasteiger partial charge in [-0.15, -0.1) is 24.0 Å². The van der Waals surface area contributed by atoms with Crippen molar-refractivity contribution >= 4 is 35.8 Å². The highest BCUT2D eigenvalue weighted by Gasteiger charge is 2.16. The number of aliphatic hydroxyl groups excluding tert-OH is 1. The second kappa shape index (κ2) is 14.8. The minimum absolute atomic E-state index is 0. The number of aromatic nitrogens is 1. The maximum Gasteiger partial charge on any atom is 0.191 e. The van der Waals surface area contributed by atoms with E-state index in [2.05, 4.69) is 47.4 Å². The molecule has 3 N–H and O–H groups in total. The van der Waals surface area contributed by atoms with Crippen LogP contribution < -0.4 is 15.5 Å². The summed E-state index contributed by atoms with van der Waals surface area (Å²) in [5.74, 6) is 2.87. The lowest BCUT2D eigenvalue weighted by molar-refractivity contribution is 0.122. The third-order valence-corrected chi connectivity index (χ3v) is 4.83. The molecule has 1 aliphatic heterocycles. The molecule has 1 aromatic rings. The predicted octanol–water partition coefficient (Wildman–Crippen LogP) is 2.64. The van der Waals surface area contributed by atoms with Gasteiger partial charge in [-0.2, -0.15) is 0 Å². The summed E-state index contributed by atoms with van der Waals surface area (Å²) in [5.41, 5.74) is 1.12. The Balaban J connectivity index is 0.00000420. The highest BCUT2D eigenvalue weighted by molar-refractivity contribution is 14.0. The molecular weight excluding hydrogens is 481 g/mol. The molecule has 0 aromatic carbocycles. The lowest BCUT2D eigenvalue weighted by atomic mass is 9.94. The van der Waals surface area contributed by atoms with Crippen LogP contribution >= 0.6 is 24.0 Å². The number of morpholine rings is 1. The maximum absolute atomic E-state index is 9.33. The second-order valence-corrected chi connectivity index (χ2v) is 7.67. The van der Waals surface area contributed by atoms with E-state index in [9.17, 15) is 5.11 Å². The molecule has 0 saturated carbocycles. The Morgan fingerprint density at radius 2 is 2.07 bits per heavy atom. The standard InChI is InChI=1S/C21H37N5O2.HI/c1-4-22-21(24-15-18(7-11-27)14-17(2)3)25-16-19-6-5-8-23-20(19)26-9-12-28-13-10-26;/h5-6,8,17-18,27H,4,7,9-16H2,1-3H3,(H2,22,24,25);1H. The van der Waals surface area contributed by atoms with Gasteiger partial charge >= 0.3 is 0 Å². The number of guanidine groups is 1. The van der Waals surface area contributed by atoms with E-state index in [-0.39, 0.29) is 30.6 Å². The van der Waals surface area contributed by atoms with E-state index in [1.807, 2.05) is 12.3 Å². The molecule has 8 heteroatoms. The highest BCUT2D eigenvalue weighted by Crippen LogP contribution is 2.19. The average Bonchev–Trinajstić information content (AvgIpc) is 2.70. The largest absolute Gasteiger partial charge is 0.396 e. The van der Waals surface area contributed by atoms with Crippen molar-refractivity contribution in [1.82, 2.24) is 15.6 Å². The molecule has 2 rings (SSSR count). The molecule has 0 bridgehead atoms. The van der Waals surface area contributed by atoms with E-state index in [4.69, 9.17) is 9.73 Å². The molecule has 7 nitrogen and oxygen atoms in total. The number of anilines is 1. The van der Waals surface area contributed by atoms with Crippen molar-refractivity contribution in [3.05, 3.63) is 23.9 Å². The zero-order chi connectivity index (χ0) is 20.2. The number of aliphatic hydroxyl groups is 1. The van der Waals surface area contributed by atoms with Gasteiger partial charge in [0.1, 0.15) is 5.82 Å². The molecule has 1 saturated heterocycles. The van der Waals surface area contributed by atoms with Crippen LogP contribution in [0, 0.1) is 11.8 Å². The summed E-state index contributed by atoms with van der Waals surface area (Å²) in [5, 5.41) is 16.1. The van der Waals surface area contributed by atoms with Gasteiger partial charge in [-0.05, 0) is 37.7 Å². The normalized spacial score (nSPS) is 15.8. The second-order valence-electron chi connectivity index (χ2n) is 7.67. The number of rotatable bonds is 10. The van der Waals surface area contributed by atoms with Gasteiger partial charge in [0.15, 0.2) is 5.96 Å². The number of halogens is 1. The van der Waals surface area contributed by atoms with Crippen molar-refractivity contribution in [2.75, 3.05) is 50.9 Å². The molecule has 1 fully saturated rings. The van der Waals surface area contributed by atoms with Gasteiger partial charge in [0, 0.05) is 44.5 Å². The average molecular weight is 519 g/mol. The van der Waals surface area contributed by atoms with E-state index in [0.717, 1.165) is 69.6 Å². The number of hydrogen-bond donors (Lipinski definition) is 3. The summed E-state index contributed by atoms with van der Waals surface area (Å²) >= 11 is 0. The Kier molecular flexibility index (Phi) is 13.2. The maximum atomic E-state index is 9.33. The van der Waals surface area contributed by atoms with Crippen molar-refractivity contribution < 1.29 is 9.84 Å². The van der Waals surface area contributed by atoms with Crippen LogP contribution in [0.1, 0.15) is 39.2 Å². The first-order valence-corrected chi connectivity index (χ1v) is 10.5. The van der Waals surface area contributed by atoms with Crippen molar-refractivity contribution in [3.8, 4) is 0 Å². The number of pyridine rings is 1. The number of nitrogens with one attached hydrogen (secondary N) is 2. The summed E-state index contributed by atoms with van der Waals surface area (Å²) in [6, 6.07) is 4.06. The summed E-state index contributed by atoms with van der Waals surface area (Å²) in [6.45, 7) is 12.2. The molecule has 29 heavy (non-hydrogen) atoms. The van der Waals surface area contributed by atoms with Crippen molar-refractivity contribution in [2.24, 2.45) is 16.8 Å². The Labute approximate surface area is 192 Å². The zero-order valence-corrected chi connectivity index (χ0v) is 20.4. The van der Waals surface area contributed by atoms with Crippen LogP contribution in [0.15, 0.2) is 23.3 Å². The third kappa shape index (κ3) is 9.48. The first kappa shape index (κ1) is 25.9. The van der Waals surface area contributed by atoms with Gasteiger partial charge in [0.25, 0.3) is 0 Å². The fourth-order valence-electron chi connectivity index (χ4n) is 3.51. The van der Waals surface area contributed by atoms with Crippen LogP contribution in [0.2, 0.25) is 0 Å². The van der Waals surface area contributed by atoms with Crippen molar-refractivity contribution in [1.29, 1.82) is 0 Å². The number of aliphatic imine (C=N–C) groups is 1. The van der Waals surface area contributed by atoms with Crippen LogP contribution in [0.3, 0.4) is 0 Å². The lowest BCUT2D eigenvalue weighted by Gasteiger charge is -2.29. The zero-order valence-electron chi connectivity index (χ0n) is 18.1. The van der Waals surface area contributed by atoms with Crippen LogP contribution in [0.4, 0.5) is 5.82 Å². The minimum atomic E-state index is 0. The molecule has 2 heterocycles. The lowest BCUT2D eigenvalue weighted by Crippen LogP contribution is -2.40. The predicted molar refractivity (Wildman–Crippen MR) is 130 cm³/mol. The molecule has 1 aromatic heterocycles. The quantitative estimate of drug-likeness (QED) is 0.251. The van der Waals surface area contributed by atoms with E-state index >= 15 is 0 Å². The van der Waals surface area contributed by atoms with E-state index in [0.29, 0.717) is 18.4 Å². The number of hydrogen-bond acceptors (Lipinski definition) is 5. The molecule has 1 aliphatic rings. The van der Waals surface area contributed by atoms with Gasteiger partial charge < -0.3 is 25.4 Å². The van der Waals surface area contributed by atoms with Crippen LogP contribution in [0.5, 0.6) is 0 Å². The fourth-order valence-corrected chi connectivity index (χ4v) is 3.51. The Bertz CT molecular complexity index is 594. The van der Waals surface area contributed by atoms with Crippen molar-refractivity contribution in [2.45, 2.75) is 40.2 Å². The van der Waals surface area contributed by atoms with Gasteiger partial charge in [-0.25, -0.2) is 9.98 Å². The third-order valence-electron chi connectivity index (χ3n) is 4.83. The smallest absolute Gasteiger partial charge is 0.191 e. The SMILES string of the molecule is CCNC(=NCc1cccnc1N1CCOCC1)NCC(CCO)CC(C)C.I. The highest BCUT2D eigenvalue weighted by atomic mass is 127. The summed E-state index contributed by atoms with van der Waals surface area (Å²) in [4.78, 5) is 11.6. The number of nitrogens with zero attached hydrogens (tertiary/aromatic N) is 3. The van der Waals surface area contributed by atoms with Gasteiger partial charge in [-0.3, -0.25) is 0 Å². The minimum Gasteiger partial charge on any atom is -0.396 e. The summed E-state index contributed by atoms with van der Waals surface area (Å²) < 4.78 is 5.46. The monoisotopic (exact) mass is 519 g/mol. The molecule has 1 atom stereocenters. The molecule has 0 amide bonds. The molecule has 0 spiro atoms. The molecular formula is C21H38IN5O2. The molecule has 166 valence electrons. The van der Waals surface area contributed by atoms with Gasteiger partial charge in [-0.1, -0.05) is 19.9 Å². The summed E-state index contributed by atoms with van der Waals surface area (Å²) in [6.07, 6.45) is 3.75. The Morgan fingerprint density at radius 3 is 2.72 bits per heavy atom. The first-order valence-electron chi connectivity index (χ1n) is 10.5. The van der Waals surface area contributed by atoms with Crippen LogP contribution in [0.25, 0.3) is 0 Å². The Hall–Kier alpha value is -1.13. The first-order chi connectivity index (χ1) is 13.6. The molecule has 1 unspecified atom stereocenters. The molecule has 0 aliphatic carbocycles. The van der Waals surface area contributed by atoms with E-state index in [1.165, 1.54) is 0 Å². The number of ether oxygens (including phenoxy) is 1. The van der Waals surface area contributed by atoms with E-state index in [1.54, 1.807) is 0 Å².